The van der Waals surface area contributed by atoms with Gasteiger partial charge in [0.1, 0.15) is 11.6 Å². The minimum absolute atomic E-state index is 0.00183. The van der Waals surface area contributed by atoms with Crippen LogP contribution in [0.1, 0.15) is 25.1 Å². The lowest BCUT2D eigenvalue weighted by Crippen LogP contribution is -2.40. The summed E-state index contributed by atoms with van der Waals surface area (Å²) in [5.74, 6) is 1.91. The molecule has 6 heteroatoms. The number of aromatic nitrogens is 2. The summed E-state index contributed by atoms with van der Waals surface area (Å²) in [4.78, 5) is 16.4. The van der Waals surface area contributed by atoms with Gasteiger partial charge >= 0.3 is 0 Å². The van der Waals surface area contributed by atoms with Gasteiger partial charge in [-0.2, -0.15) is 0 Å². The van der Waals surface area contributed by atoms with Crippen LogP contribution in [0.15, 0.2) is 6.20 Å². The minimum Gasteiger partial charge on any atom is -0.375 e. The van der Waals surface area contributed by atoms with Crippen LogP contribution in [0, 0.1) is 0 Å². The van der Waals surface area contributed by atoms with Gasteiger partial charge in [0, 0.05) is 26.1 Å². The molecule has 0 aliphatic carbocycles. The van der Waals surface area contributed by atoms with Crippen LogP contribution in [0.3, 0.4) is 0 Å². The number of nitrogens with zero attached hydrogens (tertiary/aromatic N) is 2. The number of hydrogen-bond acceptors (Lipinski definition) is 4. The van der Waals surface area contributed by atoms with E-state index in [1.807, 2.05) is 0 Å². The van der Waals surface area contributed by atoms with Crippen molar-refractivity contribution in [2.75, 3.05) is 25.0 Å². The Labute approximate surface area is 112 Å². The third-order valence-corrected chi connectivity index (χ3v) is 3.66. The molecule has 0 saturated carbocycles. The fourth-order valence-corrected chi connectivity index (χ4v) is 2.67. The number of imidazole rings is 1. The van der Waals surface area contributed by atoms with Gasteiger partial charge in [-0.3, -0.25) is 4.79 Å². The second-order valence-electron chi connectivity index (χ2n) is 5.12. The van der Waals surface area contributed by atoms with Crippen molar-refractivity contribution in [3.63, 3.8) is 0 Å². The predicted octanol–water partition coefficient (Wildman–Crippen LogP) is 0.536. The molecule has 1 amide bonds. The van der Waals surface area contributed by atoms with E-state index in [1.54, 1.807) is 6.20 Å². The second kappa shape index (κ2) is 5.71. The van der Waals surface area contributed by atoms with Gasteiger partial charge in [-0.1, -0.05) is 0 Å². The van der Waals surface area contributed by atoms with E-state index in [9.17, 15) is 4.79 Å². The summed E-state index contributed by atoms with van der Waals surface area (Å²) < 4.78 is 7.65. The quantitative estimate of drug-likeness (QED) is 0.836. The van der Waals surface area contributed by atoms with E-state index in [4.69, 9.17) is 4.74 Å². The number of morpholine rings is 1. The number of ether oxygens (including phenoxy) is 1. The summed E-state index contributed by atoms with van der Waals surface area (Å²) in [6, 6.07) is 0. The van der Waals surface area contributed by atoms with Crippen molar-refractivity contribution in [3.8, 4) is 0 Å². The molecule has 0 radical (unpaired) electrons. The van der Waals surface area contributed by atoms with Gasteiger partial charge < -0.3 is 19.9 Å². The summed E-state index contributed by atoms with van der Waals surface area (Å²) in [6.45, 7) is 3.25. The maximum absolute atomic E-state index is 12.0. The number of carbonyl (C=O) groups excluding carboxylic acids is 1. The topological polar surface area (TPSA) is 68.2 Å². The van der Waals surface area contributed by atoms with Gasteiger partial charge in [-0.25, -0.2) is 4.98 Å². The Kier molecular flexibility index (Phi) is 3.79. The molecule has 0 bridgehead atoms. The number of aryl methyl sites for hydroxylation is 1. The fourth-order valence-electron chi connectivity index (χ4n) is 2.67. The molecule has 104 valence electrons. The summed E-state index contributed by atoms with van der Waals surface area (Å²) in [5, 5.41) is 6.18. The Bertz CT molecular complexity index is 451. The Balaban J connectivity index is 1.58. The molecule has 19 heavy (non-hydrogen) atoms. The molecule has 6 nitrogen and oxygen atoms in total. The molecule has 2 aliphatic rings. The lowest BCUT2D eigenvalue weighted by Gasteiger charge is -2.23. The molecule has 0 spiro atoms. The highest BCUT2D eigenvalue weighted by atomic mass is 16.5. The molecule has 2 aliphatic heterocycles. The average molecular weight is 264 g/mol. The van der Waals surface area contributed by atoms with E-state index in [-0.39, 0.29) is 12.0 Å². The van der Waals surface area contributed by atoms with Crippen molar-refractivity contribution >= 4 is 11.7 Å². The van der Waals surface area contributed by atoms with Crippen molar-refractivity contribution in [3.05, 3.63) is 12.0 Å². The number of nitrogens with one attached hydrogen (secondary N) is 2. The van der Waals surface area contributed by atoms with Crippen LogP contribution < -0.4 is 10.6 Å². The van der Waals surface area contributed by atoms with Crippen LogP contribution in [0.5, 0.6) is 0 Å². The third kappa shape index (κ3) is 2.96. The highest BCUT2D eigenvalue weighted by Gasteiger charge is 2.19. The molecule has 1 fully saturated rings. The first-order valence-corrected chi connectivity index (χ1v) is 6.99. The van der Waals surface area contributed by atoms with E-state index in [2.05, 4.69) is 20.2 Å². The molecule has 1 aromatic rings. The molecule has 2 N–H and O–H groups in total. The summed E-state index contributed by atoms with van der Waals surface area (Å²) >= 11 is 0. The van der Waals surface area contributed by atoms with E-state index in [0.29, 0.717) is 13.0 Å². The fraction of sp³-hybridized carbons (Fsp3) is 0.692. The zero-order chi connectivity index (χ0) is 13.1. The summed E-state index contributed by atoms with van der Waals surface area (Å²) in [5.41, 5.74) is 0. The van der Waals surface area contributed by atoms with Gasteiger partial charge in [0.2, 0.25) is 5.91 Å². The van der Waals surface area contributed by atoms with E-state index < -0.39 is 0 Å². The standard InChI is InChI=1S/C13H20N4O2/c18-13(7-10-8-14-4-6-19-10)16-12-9-15-11-3-1-2-5-17(11)12/h9-10,14H,1-8H2,(H,16,18)/t10-/m1/s1. The maximum Gasteiger partial charge on any atom is 0.228 e. The Morgan fingerprint density at radius 1 is 1.58 bits per heavy atom. The van der Waals surface area contributed by atoms with E-state index in [1.165, 1.54) is 6.42 Å². The zero-order valence-corrected chi connectivity index (χ0v) is 11.0. The van der Waals surface area contributed by atoms with Crippen molar-refractivity contribution in [2.24, 2.45) is 0 Å². The molecule has 0 aromatic carbocycles. The molecular formula is C13H20N4O2. The van der Waals surface area contributed by atoms with Gasteiger partial charge in [0.15, 0.2) is 0 Å². The molecule has 1 saturated heterocycles. The van der Waals surface area contributed by atoms with Crippen LogP contribution in [0.25, 0.3) is 0 Å². The van der Waals surface area contributed by atoms with Gasteiger partial charge in [0.25, 0.3) is 0 Å². The van der Waals surface area contributed by atoms with Crippen molar-refractivity contribution in [2.45, 2.75) is 38.3 Å². The number of hydrogen-bond donors (Lipinski definition) is 2. The summed E-state index contributed by atoms with van der Waals surface area (Å²) in [7, 11) is 0. The number of amides is 1. The lowest BCUT2D eigenvalue weighted by molar-refractivity contribution is -0.119. The van der Waals surface area contributed by atoms with Crippen LogP contribution in [-0.4, -0.2) is 41.3 Å². The van der Waals surface area contributed by atoms with Crippen LogP contribution in [0.2, 0.25) is 0 Å². The first kappa shape index (κ1) is 12.6. The smallest absolute Gasteiger partial charge is 0.228 e. The number of anilines is 1. The molecular weight excluding hydrogens is 244 g/mol. The predicted molar refractivity (Wildman–Crippen MR) is 71.0 cm³/mol. The highest BCUT2D eigenvalue weighted by Crippen LogP contribution is 2.19. The van der Waals surface area contributed by atoms with Crippen molar-refractivity contribution in [1.29, 1.82) is 0 Å². The number of carbonyl (C=O) groups is 1. The van der Waals surface area contributed by atoms with Gasteiger partial charge in [0.05, 0.1) is 25.3 Å². The minimum atomic E-state index is -0.0162. The van der Waals surface area contributed by atoms with Gasteiger partial charge in [-0.05, 0) is 12.8 Å². The van der Waals surface area contributed by atoms with Crippen LogP contribution >= 0.6 is 0 Å². The number of rotatable bonds is 3. The van der Waals surface area contributed by atoms with Gasteiger partial charge in [-0.15, -0.1) is 0 Å². The van der Waals surface area contributed by atoms with E-state index in [0.717, 1.165) is 44.1 Å². The van der Waals surface area contributed by atoms with Crippen LogP contribution in [-0.2, 0) is 22.5 Å². The molecule has 1 atom stereocenters. The largest absolute Gasteiger partial charge is 0.375 e. The Morgan fingerprint density at radius 3 is 3.37 bits per heavy atom. The highest BCUT2D eigenvalue weighted by molar-refractivity contribution is 5.90. The zero-order valence-electron chi connectivity index (χ0n) is 11.0. The molecule has 3 rings (SSSR count). The van der Waals surface area contributed by atoms with E-state index >= 15 is 0 Å². The third-order valence-electron chi connectivity index (χ3n) is 3.66. The monoisotopic (exact) mass is 264 g/mol. The van der Waals surface area contributed by atoms with Crippen molar-refractivity contribution in [1.82, 2.24) is 14.9 Å². The number of fused-ring (bicyclic) bond motifs is 1. The maximum atomic E-state index is 12.0. The molecule has 0 unspecified atom stereocenters. The first-order chi connectivity index (χ1) is 9.33. The Morgan fingerprint density at radius 2 is 2.53 bits per heavy atom. The Hall–Kier alpha value is -1.40. The molecule has 1 aromatic heterocycles. The summed E-state index contributed by atoms with van der Waals surface area (Å²) in [6.07, 6.45) is 5.49. The average Bonchev–Trinajstić information content (AvgIpc) is 2.83. The second-order valence-corrected chi connectivity index (χ2v) is 5.12. The van der Waals surface area contributed by atoms with Crippen LogP contribution in [0.4, 0.5) is 5.82 Å². The van der Waals surface area contributed by atoms with Crippen molar-refractivity contribution < 1.29 is 9.53 Å². The lowest BCUT2D eigenvalue weighted by atomic mass is 10.2. The SMILES string of the molecule is O=C(C[C@@H]1CNCCO1)Nc1cnc2n1CCCC2. The first-order valence-electron chi connectivity index (χ1n) is 6.99. The molecule has 3 heterocycles. The normalized spacial score (nSPS) is 22.8.